The van der Waals surface area contributed by atoms with E-state index in [1.54, 1.807) is 0 Å². The van der Waals surface area contributed by atoms with Crippen LogP contribution in [0.25, 0.3) is 0 Å². The summed E-state index contributed by atoms with van der Waals surface area (Å²) in [4.78, 5) is 11.9. The van der Waals surface area contributed by atoms with E-state index in [9.17, 15) is 4.79 Å². The number of piperidine rings is 1. The molecule has 1 aliphatic carbocycles. The highest BCUT2D eigenvalue weighted by Crippen LogP contribution is 2.30. The molecule has 1 amide bonds. The summed E-state index contributed by atoms with van der Waals surface area (Å²) in [6.07, 6.45) is 7.37. The normalized spacial score (nSPS) is 34.9. The summed E-state index contributed by atoms with van der Waals surface area (Å²) in [7, 11) is 0. The molecule has 92 valence electrons. The summed E-state index contributed by atoms with van der Waals surface area (Å²) in [6, 6.07) is 0.0745. The first-order valence-corrected chi connectivity index (χ1v) is 6.78. The van der Waals surface area contributed by atoms with Crippen molar-refractivity contribution in [2.24, 2.45) is 11.8 Å². The van der Waals surface area contributed by atoms with Gasteiger partial charge in [0, 0.05) is 6.54 Å². The number of amides is 1. The van der Waals surface area contributed by atoms with Crippen LogP contribution in [0.3, 0.4) is 0 Å². The molecule has 16 heavy (non-hydrogen) atoms. The Balaban J connectivity index is 1.70. The van der Waals surface area contributed by atoms with Gasteiger partial charge in [-0.1, -0.05) is 26.2 Å². The first-order valence-electron chi connectivity index (χ1n) is 6.78. The Hall–Kier alpha value is -0.570. The molecule has 0 aromatic heterocycles. The lowest BCUT2D eigenvalue weighted by molar-refractivity contribution is -0.123. The minimum atomic E-state index is 0.0745. The highest BCUT2D eigenvalue weighted by Gasteiger charge is 2.25. The molecule has 3 atom stereocenters. The van der Waals surface area contributed by atoms with Gasteiger partial charge in [0.1, 0.15) is 0 Å². The highest BCUT2D eigenvalue weighted by atomic mass is 16.2. The highest BCUT2D eigenvalue weighted by molar-refractivity contribution is 5.81. The van der Waals surface area contributed by atoms with Gasteiger partial charge in [-0.2, -0.15) is 0 Å². The number of hydrogen-bond donors (Lipinski definition) is 2. The van der Waals surface area contributed by atoms with Gasteiger partial charge in [-0.25, -0.2) is 0 Å². The quantitative estimate of drug-likeness (QED) is 0.766. The average Bonchev–Trinajstić information content (AvgIpc) is 2.73. The molecule has 1 aliphatic heterocycles. The zero-order chi connectivity index (χ0) is 11.4. The molecule has 3 nitrogen and oxygen atoms in total. The first-order chi connectivity index (χ1) is 7.77. The molecule has 2 rings (SSSR count). The third-order valence-corrected chi connectivity index (χ3v) is 4.20. The summed E-state index contributed by atoms with van der Waals surface area (Å²) in [6.45, 7) is 4.19. The number of nitrogens with one attached hydrogen (secondary N) is 2. The van der Waals surface area contributed by atoms with E-state index in [1.807, 2.05) is 0 Å². The minimum Gasteiger partial charge on any atom is -0.354 e. The summed E-state index contributed by atoms with van der Waals surface area (Å²) in [5, 5.41) is 6.42. The smallest absolute Gasteiger partial charge is 0.237 e. The molecule has 2 unspecified atom stereocenters. The van der Waals surface area contributed by atoms with E-state index in [1.165, 1.54) is 32.1 Å². The van der Waals surface area contributed by atoms with Gasteiger partial charge in [0.2, 0.25) is 5.91 Å². The van der Waals surface area contributed by atoms with Crippen LogP contribution in [-0.4, -0.2) is 25.0 Å². The van der Waals surface area contributed by atoms with Crippen LogP contribution in [0.5, 0.6) is 0 Å². The molecule has 2 N–H and O–H groups in total. The molecule has 3 heteroatoms. The molecule has 1 heterocycles. The third-order valence-electron chi connectivity index (χ3n) is 4.20. The molecular weight excluding hydrogens is 200 g/mol. The minimum absolute atomic E-state index is 0.0745. The van der Waals surface area contributed by atoms with E-state index in [4.69, 9.17) is 0 Å². The molecular formula is C13H24N2O. The molecule has 0 aromatic carbocycles. The molecule has 2 fully saturated rings. The van der Waals surface area contributed by atoms with Gasteiger partial charge < -0.3 is 10.6 Å². The van der Waals surface area contributed by atoms with Crippen LogP contribution in [0.2, 0.25) is 0 Å². The van der Waals surface area contributed by atoms with Crippen LogP contribution in [0, 0.1) is 11.8 Å². The van der Waals surface area contributed by atoms with Crippen molar-refractivity contribution in [1.82, 2.24) is 10.6 Å². The summed E-state index contributed by atoms with van der Waals surface area (Å²) < 4.78 is 0. The molecule has 0 aromatic rings. The number of carbonyl (C=O) groups excluding carboxylic acids is 1. The zero-order valence-corrected chi connectivity index (χ0v) is 10.3. The average molecular weight is 224 g/mol. The number of hydrogen-bond acceptors (Lipinski definition) is 2. The molecule has 0 radical (unpaired) electrons. The Morgan fingerprint density at radius 1 is 1.25 bits per heavy atom. The summed E-state index contributed by atoms with van der Waals surface area (Å²) in [5.41, 5.74) is 0. The SMILES string of the molecule is CC1CCCC1CNC(=O)[C@@H]1CCCCN1. The fourth-order valence-electron chi connectivity index (χ4n) is 2.96. The van der Waals surface area contributed by atoms with Crippen LogP contribution < -0.4 is 10.6 Å². The third kappa shape index (κ3) is 2.97. The van der Waals surface area contributed by atoms with Gasteiger partial charge in [-0.15, -0.1) is 0 Å². The molecule has 2 aliphatic rings. The lowest BCUT2D eigenvalue weighted by atomic mass is 9.98. The second-order valence-corrected chi connectivity index (χ2v) is 5.42. The van der Waals surface area contributed by atoms with Gasteiger partial charge in [0.25, 0.3) is 0 Å². The van der Waals surface area contributed by atoms with Gasteiger partial charge >= 0.3 is 0 Å². The van der Waals surface area contributed by atoms with Crippen molar-refractivity contribution in [2.45, 2.75) is 51.5 Å². The Morgan fingerprint density at radius 2 is 2.12 bits per heavy atom. The van der Waals surface area contributed by atoms with E-state index >= 15 is 0 Å². The van der Waals surface area contributed by atoms with Gasteiger partial charge in [0.15, 0.2) is 0 Å². The van der Waals surface area contributed by atoms with Crippen molar-refractivity contribution >= 4 is 5.91 Å². The largest absolute Gasteiger partial charge is 0.354 e. The van der Waals surface area contributed by atoms with Crippen molar-refractivity contribution in [2.75, 3.05) is 13.1 Å². The van der Waals surface area contributed by atoms with Crippen molar-refractivity contribution in [3.05, 3.63) is 0 Å². The Morgan fingerprint density at radius 3 is 2.75 bits per heavy atom. The van der Waals surface area contributed by atoms with E-state index in [-0.39, 0.29) is 11.9 Å². The monoisotopic (exact) mass is 224 g/mol. The Bertz CT molecular complexity index is 236. The van der Waals surface area contributed by atoms with E-state index < -0.39 is 0 Å². The Kier molecular flexibility index (Phi) is 4.22. The predicted molar refractivity (Wildman–Crippen MR) is 65.2 cm³/mol. The number of rotatable bonds is 3. The van der Waals surface area contributed by atoms with Crippen LogP contribution in [0.1, 0.15) is 45.4 Å². The summed E-state index contributed by atoms with van der Waals surface area (Å²) in [5.74, 6) is 1.73. The van der Waals surface area contributed by atoms with Crippen LogP contribution in [0.4, 0.5) is 0 Å². The van der Waals surface area contributed by atoms with Gasteiger partial charge in [-0.05, 0) is 37.6 Å². The second-order valence-electron chi connectivity index (χ2n) is 5.42. The van der Waals surface area contributed by atoms with Crippen molar-refractivity contribution in [3.63, 3.8) is 0 Å². The van der Waals surface area contributed by atoms with Gasteiger partial charge in [0.05, 0.1) is 6.04 Å². The van der Waals surface area contributed by atoms with Gasteiger partial charge in [-0.3, -0.25) is 4.79 Å². The fraction of sp³-hybridized carbons (Fsp3) is 0.923. The first kappa shape index (κ1) is 11.9. The fourth-order valence-corrected chi connectivity index (χ4v) is 2.96. The maximum atomic E-state index is 11.9. The maximum Gasteiger partial charge on any atom is 0.237 e. The molecule has 1 saturated carbocycles. The second kappa shape index (κ2) is 5.67. The molecule has 0 spiro atoms. The maximum absolute atomic E-state index is 11.9. The standard InChI is InChI=1S/C13H24N2O/c1-10-5-4-6-11(10)9-15-13(16)12-7-2-3-8-14-12/h10-12,14H,2-9H2,1H3,(H,15,16)/t10?,11?,12-/m0/s1. The van der Waals surface area contributed by atoms with Crippen molar-refractivity contribution < 1.29 is 4.79 Å². The lowest BCUT2D eigenvalue weighted by Crippen LogP contribution is -2.47. The van der Waals surface area contributed by atoms with Crippen LogP contribution in [0.15, 0.2) is 0 Å². The molecule has 0 bridgehead atoms. The lowest BCUT2D eigenvalue weighted by Gasteiger charge is -2.24. The van der Waals surface area contributed by atoms with Crippen molar-refractivity contribution in [3.8, 4) is 0 Å². The van der Waals surface area contributed by atoms with E-state index in [2.05, 4.69) is 17.6 Å². The van der Waals surface area contributed by atoms with Crippen LogP contribution in [-0.2, 0) is 4.79 Å². The van der Waals surface area contributed by atoms with Crippen LogP contribution >= 0.6 is 0 Å². The van der Waals surface area contributed by atoms with Crippen molar-refractivity contribution in [1.29, 1.82) is 0 Å². The Labute approximate surface area is 98.4 Å². The zero-order valence-electron chi connectivity index (χ0n) is 10.3. The summed E-state index contributed by atoms with van der Waals surface area (Å²) >= 11 is 0. The molecule has 1 saturated heterocycles. The van der Waals surface area contributed by atoms with E-state index in [0.717, 1.165) is 25.4 Å². The predicted octanol–water partition coefficient (Wildman–Crippen LogP) is 1.68. The van der Waals surface area contributed by atoms with E-state index in [0.29, 0.717) is 5.92 Å². The number of carbonyl (C=O) groups is 1. The topological polar surface area (TPSA) is 41.1 Å².